The molecule has 0 saturated carbocycles. The van der Waals surface area contributed by atoms with Crippen molar-refractivity contribution in [2.75, 3.05) is 25.0 Å². The number of fused-ring (bicyclic) bond motifs is 1. The molecule has 1 fully saturated rings. The zero-order valence-corrected chi connectivity index (χ0v) is 11.2. The number of likely N-dealkylation sites (tertiary alicyclic amines) is 1. The highest BCUT2D eigenvalue weighted by atomic mass is 16.5. The van der Waals surface area contributed by atoms with Gasteiger partial charge in [0, 0.05) is 12.1 Å². The van der Waals surface area contributed by atoms with E-state index in [4.69, 9.17) is 4.52 Å². The Labute approximate surface area is 109 Å². The Bertz CT molecular complexity index is 402. The maximum Gasteiger partial charge on any atom is 0.228 e. The van der Waals surface area contributed by atoms with Crippen LogP contribution in [-0.2, 0) is 6.42 Å². The van der Waals surface area contributed by atoms with Gasteiger partial charge < -0.3 is 9.84 Å². The Hall–Kier alpha value is -1.03. The number of nitrogens with one attached hydrogen (secondary N) is 1. The highest BCUT2D eigenvalue weighted by Gasteiger charge is 2.29. The fourth-order valence-corrected chi connectivity index (χ4v) is 3.27. The van der Waals surface area contributed by atoms with Crippen LogP contribution in [0.1, 0.15) is 56.3 Å². The third-order valence-corrected chi connectivity index (χ3v) is 4.29. The highest BCUT2D eigenvalue weighted by molar-refractivity contribution is 5.45. The van der Waals surface area contributed by atoms with Crippen LogP contribution in [0.15, 0.2) is 4.52 Å². The van der Waals surface area contributed by atoms with Gasteiger partial charge in [0.15, 0.2) is 0 Å². The first-order valence-corrected chi connectivity index (χ1v) is 7.36. The van der Waals surface area contributed by atoms with E-state index in [9.17, 15) is 0 Å². The summed E-state index contributed by atoms with van der Waals surface area (Å²) in [6, 6.07) is 0.483. The molecule has 0 aromatic carbocycles. The van der Waals surface area contributed by atoms with Crippen molar-refractivity contribution in [2.24, 2.45) is 0 Å². The van der Waals surface area contributed by atoms with E-state index < -0.39 is 0 Å². The van der Waals surface area contributed by atoms with Crippen LogP contribution in [0.2, 0.25) is 0 Å². The second kappa shape index (κ2) is 5.31. The summed E-state index contributed by atoms with van der Waals surface area (Å²) < 4.78 is 5.53. The lowest BCUT2D eigenvalue weighted by molar-refractivity contribution is 0.149. The molecule has 1 aromatic heterocycles. The van der Waals surface area contributed by atoms with Crippen LogP contribution >= 0.6 is 0 Å². The van der Waals surface area contributed by atoms with E-state index in [1.54, 1.807) is 0 Å². The minimum atomic E-state index is 0.483. The minimum Gasteiger partial charge on any atom is -0.354 e. The normalized spacial score (nSPS) is 25.3. The molecule has 0 bridgehead atoms. The van der Waals surface area contributed by atoms with Crippen LogP contribution in [-0.4, -0.2) is 29.7 Å². The zero-order valence-electron chi connectivity index (χ0n) is 11.2. The van der Waals surface area contributed by atoms with Crippen molar-refractivity contribution in [3.8, 4) is 0 Å². The van der Waals surface area contributed by atoms with Crippen LogP contribution < -0.4 is 5.32 Å². The van der Waals surface area contributed by atoms with Gasteiger partial charge in [0.25, 0.3) is 0 Å². The fourth-order valence-electron chi connectivity index (χ4n) is 3.27. The molecular weight excluding hydrogens is 226 g/mol. The first-order valence-electron chi connectivity index (χ1n) is 7.36. The molecule has 18 heavy (non-hydrogen) atoms. The van der Waals surface area contributed by atoms with Gasteiger partial charge in [-0.1, -0.05) is 18.5 Å². The number of hydrogen-bond donors (Lipinski definition) is 1. The number of rotatable bonds is 2. The third kappa shape index (κ3) is 2.14. The Morgan fingerprint density at radius 3 is 3.17 bits per heavy atom. The van der Waals surface area contributed by atoms with E-state index in [-0.39, 0.29) is 0 Å². The molecular formula is C14H23N3O. The number of hydrogen-bond acceptors (Lipinski definition) is 4. The van der Waals surface area contributed by atoms with E-state index in [1.807, 2.05) is 0 Å². The highest BCUT2D eigenvalue weighted by Crippen LogP contribution is 2.36. The summed E-state index contributed by atoms with van der Waals surface area (Å²) in [5.74, 6) is 0.934. The molecule has 1 unspecified atom stereocenters. The molecule has 1 saturated heterocycles. The van der Waals surface area contributed by atoms with Gasteiger partial charge in [-0.25, -0.2) is 0 Å². The molecule has 1 aromatic rings. The van der Waals surface area contributed by atoms with E-state index in [0.29, 0.717) is 6.04 Å². The van der Waals surface area contributed by atoms with Gasteiger partial charge in [-0.3, -0.25) is 4.90 Å². The Kier molecular flexibility index (Phi) is 3.55. The molecule has 0 aliphatic carbocycles. The predicted octanol–water partition coefficient (Wildman–Crippen LogP) is 2.97. The first kappa shape index (κ1) is 12.0. The lowest BCUT2D eigenvalue weighted by Crippen LogP contribution is -2.33. The SMILES string of the molecule is CCN1CCCCC1c1noc2c1CCCCN2. The average molecular weight is 249 g/mol. The summed E-state index contributed by atoms with van der Waals surface area (Å²) in [6.45, 7) is 5.58. The lowest BCUT2D eigenvalue weighted by atomic mass is 9.95. The van der Waals surface area contributed by atoms with Crippen LogP contribution in [0.3, 0.4) is 0 Å². The molecule has 1 atom stereocenters. The van der Waals surface area contributed by atoms with E-state index >= 15 is 0 Å². The molecule has 2 aliphatic rings. The fraction of sp³-hybridized carbons (Fsp3) is 0.786. The van der Waals surface area contributed by atoms with Crippen molar-refractivity contribution < 1.29 is 4.52 Å². The summed E-state index contributed by atoms with van der Waals surface area (Å²) in [5.41, 5.74) is 2.55. The molecule has 3 heterocycles. The molecule has 4 heteroatoms. The largest absolute Gasteiger partial charge is 0.354 e. The van der Waals surface area contributed by atoms with Crippen LogP contribution in [0, 0.1) is 0 Å². The molecule has 4 nitrogen and oxygen atoms in total. The van der Waals surface area contributed by atoms with Crippen LogP contribution in [0.5, 0.6) is 0 Å². The predicted molar refractivity (Wildman–Crippen MR) is 71.8 cm³/mol. The quantitative estimate of drug-likeness (QED) is 0.875. The topological polar surface area (TPSA) is 41.3 Å². The molecule has 100 valence electrons. The van der Waals surface area contributed by atoms with Gasteiger partial charge in [-0.2, -0.15) is 0 Å². The van der Waals surface area contributed by atoms with Crippen molar-refractivity contribution in [1.82, 2.24) is 10.1 Å². The maximum absolute atomic E-state index is 5.53. The number of nitrogens with zero attached hydrogens (tertiary/aromatic N) is 2. The average Bonchev–Trinajstić information content (AvgIpc) is 2.67. The van der Waals surface area contributed by atoms with E-state index in [1.165, 1.54) is 49.9 Å². The van der Waals surface area contributed by atoms with E-state index in [2.05, 4.69) is 22.3 Å². The van der Waals surface area contributed by atoms with Gasteiger partial charge in [0.2, 0.25) is 5.88 Å². The summed E-state index contributed by atoms with van der Waals surface area (Å²) >= 11 is 0. The molecule has 0 spiro atoms. The molecule has 2 aliphatic heterocycles. The zero-order chi connectivity index (χ0) is 12.4. The smallest absolute Gasteiger partial charge is 0.228 e. The Morgan fingerprint density at radius 2 is 2.28 bits per heavy atom. The van der Waals surface area contributed by atoms with Gasteiger partial charge in [-0.05, 0) is 45.2 Å². The van der Waals surface area contributed by atoms with Crippen molar-refractivity contribution in [2.45, 2.75) is 51.5 Å². The third-order valence-electron chi connectivity index (χ3n) is 4.29. The van der Waals surface area contributed by atoms with Gasteiger partial charge >= 0.3 is 0 Å². The maximum atomic E-state index is 5.53. The minimum absolute atomic E-state index is 0.483. The Morgan fingerprint density at radius 1 is 1.33 bits per heavy atom. The number of anilines is 1. The van der Waals surface area contributed by atoms with E-state index in [0.717, 1.165) is 25.4 Å². The van der Waals surface area contributed by atoms with Crippen LogP contribution in [0.4, 0.5) is 5.88 Å². The monoisotopic (exact) mass is 249 g/mol. The molecule has 0 radical (unpaired) electrons. The van der Waals surface area contributed by atoms with Crippen molar-refractivity contribution in [3.05, 3.63) is 11.3 Å². The Balaban J connectivity index is 1.88. The summed E-state index contributed by atoms with van der Waals surface area (Å²) in [5, 5.41) is 7.75. The standard InChI is InChI=1S/C14H23N3O/c1-2-17-10-6-4-8-12(17)13-11-7-3-5-9-15-14(11)18-16-13/h12,15H,2-10H2,1H3. The second-order valence-electron chi connectivity index (χ2n) is 5.40. The molecule has 0 amide bonds. The van der Waals surface area contributed by atoms with Crippen molar-refractivity contribution in [3.63, 3.8) is 0 Å². The van der Waals surface area contributed by atoms with Crippen molar-refractivity contribution >= 4 is 5.88 Å². The van der Waals surface area contributed by atoms with Crippen molar-refractivity contribution in [1.29, 1.82) is 0 Å². The molecule has 1 N–H and O–H groups in total. The summed E-state index contributed by atoms with van der Waals surface area (Å²) in [6.07, 6.45) is 7.46. The molecule has 3 rings (SSSR count). The first-order chi connectivity index (χ1) is 8.90. The second-order valence-corrected chi connectivity index (χ2v) is 5.40. The van der Waals surface area contributed by atoms with Crippen LogP contribution in [0.25, 0.3) is 0 Å². The number of piperidine rings is 1. The lowest BCUT2D eigenvalue weighted by Gasteiger charge is -2.33. The summed E-state index contributed by atoms with van der Waals surface area (Å²) in [4.78, 5) is 2.55. The summed E-state index contributed by atoms with van der Waals surface area (Å²) in [7, 11) is 0. The number of aromatic nitrogens is 1. The van der Waals surface area contributed by atoms with Gasteiger partial charge in [0.05, 0.1) is 6.04 Å². The van der Waals surface area contributed by atoms with Gasteiger partial charge in [-0.15, -0.1) is 0 Å². The van der Waals surface area contributed by atoms with Gasteiger partial charge in [0.1, 0.15) is 5.69 Å².